The monoisotopic (exact) mass is 388 g/mol. The van der Waals surface area contributed by atoms with E-state index in [-0.39, 0.29) is 17.5 Å². The molecule has 0 bridgehead atoms. The van der Waals surface area contributed by atoms with E-state index >= 15 is 0 Å². The number of halogens is 4. The summed E-state index contributed by atoms with van der Waals surface area (Å²) in [6, 6.07) is 4.94. The fourth-order valence-corrected chi connectivity index (χ4v) is 3.57. The van der Waals surface area contributed by atoms with Crippen LogP contribution in [0.15, 0.2) is 24.4 Å². The fourth-order valence-electron chi connectivity index (χ4n) is 2.89. The Morgan fingerprint density at radius 1 is 1.19 bits per heavy atom. The van der Waals surface area contributed by atoms with Crippen LogP contribution in [-0.2, 0) is 12.7 Å². The number of rotatable bonds is 5. The Labute approximate surface area is 153 Å². The number of benzene rings is 1. The second-order valence-corrected chi connectivity index (χ2v) is 7.12. The van der Waals surface area contributed by atoms with Gasteiger partial charge in [0.1, 0.15) is 10.7 Å². The van der Waals surface area contributed by atoms with E-state index in [9.17, 15) is 17.6 Å². The molecule has 0 amide bonds. The van der Waals surface area contributed by atoms with Gasteiger partial charge >= 0.3 is 6.18 Å². The maximum Gasteiger partial charge on any atom is 0.427 e. The Hall–Kier alpha value is -1.87. The number of anilines is 2. The van der Waals surface area contributed by atoms with Crippen LogP contribution in [0.25, 0.3) is 0 Å². The summed E-state index contributed by atoms with van der Waals surface area (Å²) >= 11 is 0.538. The maximum atomic E-state index is 14.5. The van der Waals surface area contributed by atoms with Crippen LogP contribution in [0.4, 0.5) is 28.4 Å². The highest BCUT2D eigenvalue weighted by atomic mass is 32.1. The number of likely N-dealkylation sites (N-methyl/N-ethyl adjacent to an activating group) is 1. The van der Waals surface area contributed by atoms with E-state index in [1.807, 2.05) is 4.90 Å². The third-order valence-corrected chi connectivity index (χ3v) is 5.40. The molecular formula is C17H20F4N4S. The number of aromatic nitrogens is 1. The first-order valence-electron chi connectivity index (χ1n) is 8.39. The summed E-state index contributed by atoms with van der Waals surface area (Å²) in [5.41, 5.74) is 1.22. The molecule has 1 aliphatic rings. The van der Waals surface area contributed by atoms with Crippen LogP contribution in [0, 0.1) is 5.82 Å². The lowest BCUT2D eigenvalue weighted by atomic mass is 10.1. The van der Waals surface area contributed by atoms with Crippen molar-refractivity contribution in [3.63, 3.8) is 0 Å². The highest BCUT2D eigenvalue weighted by molar-refractivity contribution is 7.15. The molecule has 1 aromatic carbocycles. The van der Waals surface area contributed by atoms with Gasteiger partial charge in [0.25, 0.3) is 0 Å². The zero-order chi connectivity index (χ0) is 18.7. The van der Waals surface area contributed by atoms with Crippen LogP contribution in [0.2, 0.25) is 0 Å². The molecule has 26 heavy (non-hydrogen) atoms. The molecule has 142 valence electrons. The van der Waals surface area contributed by atoms with Crippen LogP contribution >= 0.6 is 11.3 Å². The quantitative estimate of drug-likeness (QED) is 0.783. The van der Waals surface area contributed by atoms with Crippen molar-refractivity contribution in [3.8, 4) is 0 Å². The van der Waals surface area contributed by atoms with Gasteiger partial charge in [-0.25, -0.2) is 9.37 Å². The summed E-state index contributed by atoms with van der Waals surface area (Å²) in [7, 11) is 0. The molecule has 4 nitrogen and oxygen atoms in total. The number of thiazole rings is 1. The standard InChI is InChI=1S/C17H20F4N4S/c1-2-24-5-7-25(8-6-24)14-4-3-12(9-13(14)18)10-22-16-23-11-15(26-16)17(19,20)21/h3-4,9,11H,2,5-8,10H2,1H3,(H,22,23). The molecule has 1 fully saturated rings. The second-order valence-electron chi connectivity index (χ2n) is 6.09. The van der Waals surface area contributed by atoms with Gasteiger partial charge in [-0.15, -0.1) is 0 Å². The molecule has 0 aliphatic carbocycles. The zero-order valence-corrected chi connectivity index (χ0v) is 15.1. The molecule has 1 aliphatic heterocycles. The molecule has 1 aromatic heterocycles. The summed E-state index contributed by atoms with van der Waals surface area (Å²) < 4.78 is 52.2. The number of piperazine rings is 1. The Morgan fingerprint density at radius 3 is 2.50 bits per heavy atom. The molecule has 9 heteroatoms. The van der Waals surface area contributed by atoms with E-state index in [2.05, 4.69) is 22.1 Å². The summed E-state index contributed by atoms with van der Waals surface area (Å²) in [4.78, 5) is 7.29. The van der Waals surface area contributed by atoms with Gasteiger partial charge in [0.15, 0.2) is 5.13 Å². The molecule has 0 radical (unpaired) electrons. The first kappa shape index (κ1) is 18.9. The van der Waals surface area contributed by atoms with Crippen LogP contribution in [0.5, 0.6) is 0 Å². The number of hydrogen-bond donors (Lipinski definition) is 1. The van der Waals surface area contributed by atoms with E-state index in [0.717, 1.165) is 38.9 Å². The Kier molecular flexibility index (Phi) is 5.67. The normalized spacial score (nSPS) is 16.1. The van der Waals surface area contributed by atoms with Gasteiger partial charge in [0, 0.05) is 32.7 Å². The van der Waals surface area contributed by atoms with Gasteiger partial charge in [0.2, 0.25) is 0 Å². The van der Waals surface area contributed by atoms with E-state index in [0.29, 0.717) is 22.6 Å². The minimum absolute atomic E-state index is 0.164. The van der Waals surface area contributed by atoms with Gasteiger partial charge in [0.05, 0.1) is 11.9 Å². The van der Waals surface area contributed by atoms with Crippen LogP contribution in [0.1, 0.15) is 17.4 Å². The number of hydrogen-bond acceptors (Lipinski definition) is 5. The predicted molar refractivity (Wildman–Crippen MR) is 95.2 cm³/mol. The fraction of sp³-hybridized carbons (Fsp3) is 0.471. The van der Waals surface area contributed by atoms with Crippen molar-refractivity contribution in [1.29, 1.82) is 0 Å². The number of nitrogens with one attached hydrogen (secondary N) is 1. The van der Waals surface area contributed by atoms with Crippen molar-refractivity contribution in [2.45, 2.75) is 19.6 Å². The van der Waals surface area contributed by atoms with Gasteiger partial charge in [-0.3, -0.25) is 0 Å². The third kappa shape index (κ3) is 4.45. The lowest BCUT2D eigenvalue weighted by Crippen LogP contribution is -2.46. The Morgan fingerprint density at radius 2 is 1.92 bits per heavy atom. The van der Waals surface area contributed by atoms with Gasteiger partial charge < -0.3 is 15.1 Å². The predicted octanol–water partition coefficient (Wildman–Crippen LogP) is 4.06. The lowest BCUT2D eigenvalue weighted by molar-refractivity contribution is -0.134. The van der Waals surface area contributed by atoms with E-state index < -0.39 is 11.1 Å². The van der Waals surface area contributed by atoms with Crippen molar-refractivity contribution in [2.75, 3.05) is 42.9 Å². The summed E-state index contributed by atoms with van der Waals surface area (Å²) in [6.07, 6.45) is -3.60. The highest BCUT2D eigenvalue weighted by Gasteiger charge is 2.33. The first-order chi connectivity index (χ1) is 12.4. The number of nitrogens with zero attached hydrogens (tertiary/aromatic N) is 3. The Balaban J connectivity index is 1.60. The van der Waals surface area contributed by atoms with E-state index in [1.54, 1.807) is 12.1 Å². The number of alkyl halides is 3. The highest BCUT2D eigenvalue weighted by Crippen LogP contribution is 2.35. The molecule has 0 unspecified atom stereocenters. The van der Waals surface area contributed by atoms with Crippen molar-refractivity contribution < 1.29 is 17.6 Å². The molecule has 2 heterocycles. The van der Waals surface area contributed by atoms with Gasteiger partial charge in [-0.1, -0.05) is 24.3 Å². The molecule has 0 atom stereocenters. The maximum absolute atomic E-state index is 14.5. The smallest absolute Gasteiger partial charge is 0.367 e. The third-order valence-electron chi connectivity index (χ3n) is 4.40. The van der Waals surface area contributed by atoms with E-state index in [4.69, 9.17) is 0 Å². The Bertz CT molecular complexity index is 739. The first-order valence-corrected chi connectivity index (χ1v) is 9.21. The summed E-state index contributed by atoms with van der Waals surface area (Å²) in [6.45, 7) is 6.69. The zero-order valence-electron chi connectivity index (χ0n) is 14.3. The van der Waals surface area contributed by atoms with Crippen LogP contribution in [-0.4, -0.2) is 42.6 Å². The largest absolute Gasteiger partial charge is 0.427 e. The lowest BCUT2D eigenvalue weighted by Gasteiger charge is -2.35. The molecule has 0 spiro atoms. The van der Waals surface area contributed by atoms with Crippen molar-refractivity contribution in [3.05, 3.63) is 40.7 Å². The average molecular weight is 388 g/mol. The van der Waals surface area contributed by atoms with E-state index in [1.165, 1.54) is 6.07 Å². The average Bonchev–Trinajstić information content (AvgIpc) is 3.10. The van der Waals surface area contributed by atoms with Crippen LogP contribution in [0.3, 0.4) is 0 Å². The summed E-state index contributed by atoms with van der Waals surface area (Å²) in [5, 5.41) is 2.98. The SMILES string of the molecule is CCN1CCN(c2ccc(CNc3ncc(C(F)(F)F)s3)cc2F)CC1. The van der Waals surface area contributed by atoms with Crippen LogP contribution < -0.4 is 10.2 Å². The van der Waals surface area contributed by atoms with Crippen molar-refractivity contribution >= 4 is 22.2 Å². The summed E-state index contributed by atoms with van der Waals surface area (Å²) in [5.74, 6) is -0.315. The molecule has 3 rings (SSSR count). The minimum atomic E-state index is -4.40. The van der Waals surface area contributed by atoms with Crippen molar-refractivity contribution in [2.24, 2.45) is 0 Å². The van der Waals surface area contributed by atoms with Gasteiger partial charge in [-0.2, -0.15) is 13.2 Å². The van der Waals surface area contributed by atoms with Crippen molar-refractivity contribution in [1.82, 2.24) is 9.88 Å². The molecular weight excluding hydrogens is 368 g/mol. The minimum Gasteiger partial charge on any atom is -0.367 e. The molecule has 1 N–H and O–H groups in total. The molecule has 2 aromatic rings. The second kappa shape index (κ2) is 7.79. The van der Waals surface area contributed by atoms with Gasteiger partial charge in [-0.05, 0) is 24.2 Å². The molecule has 0 saturated carbocycles. The topological polar surface area (TPSA) is 31.4 Å². The molecule has 1 saturated heterocycles.